The Balaban J connectivity index is 2.70. The highest BCUT2D eigenvalue weighted by molar-refractivity contribution is 5.95. The minimum Gasteiger partial charge on any atom is -0.486 e. The molecular formula is C13H20N2O3. The van der Waals surface area contributed by atoms with Gasteiger partial charge in [-0.1, -0.05) is 0 Å². The van der Waals surface area contributed by atoms with Crippen molar-refractivity contribution in [1.82, 2.24) is 5.32 Å². The lowest BCUT2D eigenvalue weighted by atomic mass is 10.2. The van der Waals surface area contributed by atoms with Crippen molar-refractivity contribution >= 4 is 11.6 Å². The second-order valence-corrected chi connectivity index (χ2v) is 3.92. The molecule has 0 radical (unpaired) electrons. The Hall–Kier alpha value is -1.75. The highest BCUT2D eigenvalue weighted by Crippen LogP contribution is 2.23. The molecule has 0 heterocycles. The van der Waals surface area contributed by atoms with Gasteiger partial charge in [0.25, 0.3) is 5.91 Å². The molecule has 0 aromatic heterocycles. The van der Waals surface area contributed by atoms with Crippen LogP contribution in [-0.2, 0) is 4.74 Å². The highest BCUT2D eigenvalue weighted by Gasteiger charge is 2.10. The van der Waals surface area contributed by atoms with Gasteiger partial charge in [-0.3, -0.25) is 4.79 Å². The summed E-state index contributed by atoms with van der Waals surface area (Å²) >= 11 is 0. The van der Waals surface area contributed by atoms with E-state index >= 15 is 0 Å². The minimum absolute atomic E-state index is 0.0851. The first-order chi connectivity index (χ1) is 8.58. The van der Waals surface area contributed by atoms with Crippen molar-refractivity contribution < 1.29 is 14.3 Å². The van der Waals surface area contributed by atoms with E-state index in [-0.39, 0.29) is 12.0 Å². The Bertz CT molecular complexity index is 407. The molecule has 0 aliphatic carbocycles. The molecule has 5 heteroatoms. The van der Waals surface area contributed by atoms with Gasteiger partial charge >= 0.3 is 0 Å². The molecule has 1 unspecified atom stereocenters. The number of anilines is 1. The van der Waals surface area contributed by atoms with Crippen LogP contribution in [0.5, 0.6) is 5.75 Å². The van der Waals surface area contributed by atoms with E-state index in [1.807, 2.05) is 13.8 Å². The molecule has 100 valence electrons. The normalized spacial score (nSPS) is 11.9. The molecule has 0 aliphatic heterocycles. The van der Waals surface area contributed by atoms with Gasteiger partial charge in [0.15, 0.2) is 0 Å². The number of nitrogen functional groups attached to an aromatic ring is 1. The Kier molecular flexibility index (Phi) is 5.45. The third-order valence-corrected chi connectivity index (χ3v) is 2.38. The first-order valence-corrected chi connectivity index (χ1v) is 5.94. The zero-order chi connectivity index (χ0) is 13.5. The van der Waals surface area contributed by atoms with E-state index in [9.17, 15) is 4.79 Å². The third kappa shape index (κ3) is 3.92. The van der Waals surface area contributed by atoms with Crippen LogP contribution in [0.4, 0.5) is 5.69 Å². The summed E-state index contributed by atoms with van der Waals surface area (Å²) in [6.07, 6.45) is -0.0851. The number of rotatable bonds is 6. The van der Waals surface area contributed by atoms with Gasteiger partial charge < -0.3 is 20.5 Å². The molecule has 0 saturated carbocycles. The monoisotopic (exact) mass is 252 g/mol. The van der Waals surface area contributed by atoms with E-state index < -0.39 is 0 Å². The second kappa shape index (κ2) is 6.86. The van der Waals surface area contributed by atoms with Crippen molar-refractivity contribution in [3.05, 3.63) is 23.8 Å². The van der Waals surface area contributed by atoms with E-state index in [1.165, 1.54) is 0 Å². The Morgan fingerprint density at radius 2 is 2.22 bits per heavy atom. The van der Waals surface area contributed by atoms with Crippen LogP contribution in [0.25, 0.3) is 0 Å². The molecule has 1 atom stereocenters. The van der Waals surface area contributed by atoms with Crippen molar-refractivity contribution in [3.8, 4) is 5.75 Å². The number of carbonyl (C=O) groups is 1. The van der Waals surface area contributed by atoms with Crippen molar-refractivity contribution in [1.29, 1.82) is 0 Å². The zero-order valence-corrected chi connectivity index (χ0v) is 11.0. The zero-order valence-electron chi connectivity index (χ0n) is 11.0. The second-order valence-electron chi connectivity index (χ2n) is 3.92. The summed E-state index contributed by atoms with van der Waals surface area (Å²) in [6.45, 7) is 4.99. The minimum atomic E-state index is -0.171. The van der Waals surface area contributed by atoms with Gasteiger partial charge in [0.05, 0.1) is 12.3 Å². The lowest BCUT2D eigenvalue weighted by Crippen LogP contribution is -2.20. The lowest BCUT2D eigenvalue weighted by molar-refractivity contribution is 0.0661. The predicted molar refractivity (Wildman–Crippen MR) is 70.8 cm³/mol. The highest BCUT2D eigenvalue weighted by atomic mass is 16.5. The first-order valence-electron chi connectivity index (χ1n) is 5.94. The predicted octanol–water partition coefficient (Wildman–Crippen LogP) is 1.43. The molecule has 18 heavy (non-hydrogen) atoms. The molecule has 0 aliphatic rings. The van der Waals surface area contributed by atoms with Gasteiger partial charge in [0.1, 0.15) is 11.9 Å². The SMILES string of the molecule is CCOCC(C)Oc1ccc(C(=O)NC)cc1N. The quantitative estimate of drug-likeness (QED) is 0.751. The van der Waals surface area contributed by atoms with E-state index in [0.29, 0.717) is 30.2 Å². The summed E-state index contributed by atoms with van der Waals surface area (Å²) in [5.41, 5.74) is 6.80. The maximum absolute atomic E-state index is 11.4. The average molecular weight is 252 g/mol. The fourth-order valence-corrected chi connectivity index (χ4v) is 1.48. The molecule has 3 N–H and O–H groups in total. The van der Waals surface area contributed by atoms with E-state index in [1.54, 1.807) is 25.2 Å². The van der Waals surface area contributed by atoms with Crippen molar-refractivity contribution in [3.63, 3.8) is 0 Å². The summed E-state index contributed by atoms with van der Waals surface area (Å²) < 4.78 is 10.9. The molecule has 1 rings (SSSR count). The van der Waals surface area contributed by atoms with E-state index in [0.717, 1.165) is 0 Å². The number of ether oxygens (including phenoxy) is 2. The van der Waals surface area contributed by atoms with Crippen LogP contribution in [-0.4, -0.2) is 32.3 Å². The van der Waals surface area contributed by atoms with Gasteiger partial charge in [-0.25, -0.2) is 0 Å². The van der Waals surface area contributed by atoms with E-state index in [2.05, 4.69) is 5.32 Å². The molecule has 0 spiro atoms. The smallest absolute Gasteiger partial charge is 0.251 e. The average Bonchev–Trinajstić information content (AvgIpc) is 2.37. The van der Waals surface area contributed by atoms with Crippen LogP contribution in [0, 0.1) is 0 Å². The number of hydrogen-bond acceptors (Lipinski definition) is 4. The fourth-order valence-electron chi connectivity index (χ4n) is 1.48. The summed E-state index contributed by atoms with van der Waals surface area (Å²) in [4.78, 5) is 11.4. The molecule has 1 aromatic rings. The standard InChI is InChI=1S/C13H20N2O3/c1-4-17-8-9(2)18-12-6-5-10(7-11(12)14)13(16)15-3/h5-7,9H,4,8,14H2,1-3H3,(H,15,16). The number of hydrogen-bond donors (Lipinski definition) is 2. The van der Waals surface area contributed by atoms with Gasteiger partial charge in [-0.15, -0.1) is 0 Å². The third-order valence-electron chi connectivity index (χ3n) is 2.38. The van der Waals surface area contributed by atoms with Gasteiger partial charge in [-0.2, -0.15) is 0 Å². The molecule has 0 saturated heterocycles. The van der Waals surface area contributed by atoms with Crippen molar-refractivity contribution in [2.45, 2.75) is 20.0 Å². The largest absolute Gasteiger partial charge is 0.486 e. The lowest BCUT2D eigenvalue weighted by Gasteiger charge is -2.16. The number of nitrogens with one attached hydrogen (secondary N) is 1. The Morgan fingerprint density at radius 1 is 1.50 bits per heavy atom. The topological polar surface area (TPSA) is 73.6 Å². The molecule has 1 amide bonds. The fraction of sp³-hybridized carbons (Fsp3) is 0.462. The maximum Gasteiger partial charge on any atom is 0.251 e. The molecule has 5 nitrogen and oxygen atoms in total. The Morgan fingerprint density at radius 3 is 2.78 bits per heavy atom. The van der Waals surface area contributed by atoms with Gasteiger partial charge in [0.2, 0.25) is 0 Å². The van der Waals surface area contributed by atoms with Crippen LogP contribution < -0.4 is 15.8 Å². The van der Waals surface area contributed by atoms with Crippen molar-refractivity contribution in [2.24, 2.45) is 0 Å². The van der Waals surface area contributed by atoms with Crippen molar-refractivity contribution in [2.75, 3.05) is 26.0 Å². The number of carbonyl (C=O) groups excluding carboxylic acids is 1. The molecule has 1 aromatic carbocycles. The summed E-state index contributed by atoms with van der Waals surface area (Å²) in [5, 5.41) is 2.54. The van der Waals surface area contributed by atoms with Crippen LogP contribution in [0.3, 0.4) is 0 Å². The molecule has 0 fully saturated rings. The van der Waals surface area contributed by atoms with Gasteiger partial charge in [-0.05, 0) is 32.0 Å². The number of amides is 1. The first kappa shape index (κ1) is 14.3. The Labute approximate surface area is 107 Å². The van der Waals surface area contributed by atoms with Gasteiger partial charge in [0, 0.05) is 19.2 Å². The molecule has 0 bridgehead atoms. The summed E-state index contributed by atoms with van der Waals surface area (Å²) in [7, 11) is 1.58. The summed E-state index contributed by atoms with van der Waals surface area (Å²) in [6, 6.07) is 4.97. The number of benzene rings is 1. The maximum atomic E-state index is 11.4. The summed E-state index contributed by atoms with van der Waals surface area (Å²) in [5.74, 6) is 0.394. The van der Waals surface area contributed by atoms with Crippen LogP contribution >= 0.6 is 0 Å². The van der Waals surface area contributed by atoms with Crippen LogP contribution in [0.1, 0.15) is 24.2 Å². The van der Waals surface area contributed by atoms with E-state index in [4.69, 9.17) is 15.2 Å². The molecular weight excluding hydrogens is 232 g/mol. The van der Waals surface area contributed by atoms with Crippen LogP contribution in [0.15, 0.2) is 18.2 Å². The van der Waals surface area contributed by atoms with Crippen LogP contribution in [0.2, 0.25) is 0 Å². The number of nitrogens with two attached hydrogens (primary N) is 1.